The molecule has 1 saturated heterocycles. The summed E-state index contributed by atoms with van der Waals surface area (Å²) in [6.45, 7) is 3.34. The summed E-state index contributed by atoms with van der Waals surface area (Å²) in [5.74, 6) is 1.02. The summed E-state index contributed by atoms with van der Waals surface area (Å²) in [7, 11) is 2.08. The van der Waals surface area contributed by atoms with Crippen LogP contribution >= 0.6 is 11.3 Å². The Balaban J connectivity index is 1.42. The number of amides is 1. The van der Waals surface area contributed by atoms with Crippen LogP contribution in [0.3, 0.4) is 0 Å². The second kappa shape index (κ2) is 8.61. The summed E-state index contributed by atoms with van der Waals surface area (Å²) in [6.07, 6.45) is 0. The van der Waals surface area contributed by atoms with Crippen LogP contribution in [-0.4, -0.2) is 59.0 Å². The van der Waals surface area contributed by atoms with Crippen LogP contribution in [0.4, 0.5) is 11.5 Å². The van der Waals surface area contributed by atoms with Crippen LogP contribution in [0.5, 0.6) is 5.75 Å². The van der Waals surface area contributed by atoms with E-state index in [9.17, 15) is 9.90 Å². The molecule has 0 atom stereocenters. The zero-order valence-electron chi connectivity index (χ0n) is 17.8. The van der Waals surface area contributed by atoms with Crippen molar-refractivity contribution >= 4 is 38.8 Å². The van der Waals surface area contributed by atoms with Crippen LogP contribution in [0, 0.1) is 0 Å². The third-order valence-electron chi connectivity index (χ3n) is 5.78. The highest BCUT2D eigenvalue weighted by atomic mass is 32.1. The maximum atomic E-state index is 12.8. The molecule has 4 aromatic rings. The molecule has 1 amide bonds. The van der Waals surface area contributed by atoms with Gasteiger partial charge in [-0.15, -0.1) is 11.3 Å². The van der Waals surface area contributed by atoms with E-state index in [0.717, 1.165) is 59.0 Å². The summed E-state index contributed by atoms with van der Waals surface area (Å²) in [6, 6.07) is 18.8. The first kappa shape index (κ1) is 20.5. The monoisotopic (exact) mass is 444 g/mol. The number of piperazine rings is 1. The first-order valence-electron chi connectivity index (χ1n) is 10.6. The predicted molar refractivity (Wildman–Crippen MR) is 130 cm³/mol. The van der Waals surface area contributed by atoms with Crippen LogP contribution in [0.25, 0.3) is 21.3 Å². The molecule has 0 spiro atoms. The van der Waals surface area contributed by atoms with Gasteiger partial charge < -0.3 is 20.2 Å². The number of anilines is 2. The molecule has 0 unspecified atom stereocenters. The number of phenols is 1. The Hall–Kier alpha value is -3.42. The van der Waals surface area contributed by atoms with Gasteiger partial charge in [-0.25, -0.2) is 4.98 Å². The first-order chi connectivity index (χ1) is 15.6. The Morgan fingerprint density at radius 1 is 1.03 bits per heavy atom. The molecule has 32 heavy (non-hydrogen) atoms. The van der Waals surface area contributed by atoms with Gasteiger partial charge in [0, 0.05) is 59.1 Å². The summed E-state index contributed by atoms with van der Waals surface area (Å²) < 4.78 is 1.12. The lowest BCUT2D eigenvalue weighted by Crippen LogP contribution is -2.47. The second-order valence-corrected chi connectivity index (χ2v) is 8.98. The molecule has 1 aliphatic rings. The third-order valence-corrected chi connectivity index (χ3v) is 6.64. The van der Waals surface area contributed by atoms with Crippen LogP contribution in [-0.2, 0) is 0 Å². The van der Waals surface area contributed by atoms with Gasteiger partial charge in [0.25, 0.3) is 5.91 Å². The zero-order valence-corrected chi connectivity index (χ0v) is 18.6. The van der Waals surface area contributed by atoms with Gasteiger partial charge in [0.2, 0.25) is 0 Å². The Morgan fingerprint density at radius 3 is 2.56 bits per heavy atom. The molecule has 0 saturated carbocycles. The summed E-state index contributed by atoms with van der Waals surface area (Å²) >= 11 is 1.66. The van der Waals surface area contributed by atoms with E-state index in [1.54, 1.807) is 29.5 Å². The van der Waals surface area contributed by atoms with E-state index in [1.807, 2.05) is 46.7 Å². The van der Waals surface area contributed by atoms with Gasteiger partial charge in [-0.3, -0.25) is 4.79 Å². The lowest BCUT2D eigenvalue weighted by molar-refractivity contribution is 0.0664. The Morgan fingerprint density at radius 2 is 1.81 bits per heavy atom. The Kier molecular flexibility index (Phi) is 5.51. The van der Waals surface area contributed by atoms with E-state index in [4.69, 9.17) is 4.98 Å². The van der Waals surface area contributed by atoms with Crippen LogP contribution in [0.1, 0.15) is 10.4 Å². The van der Waals surface area contributed by atoms with Crippen molar-refractivity contribution in [3.05, 3.63) is 71.6 Å². The number of hydrogen-bond acceptors (Lipinski definition) is 6. The molecule has 2 N–H and O–H groups in total. The fourth-order valence-corrected chi connectivity index (χ4v) is 4.73. The fourth-order valence-electron chi connectivity index (χ4n) is 3.90. The summed E-state index contributed by atoms with van der Waals surface area (Å²) in [5.41, 5.74) is 3.26. The van der Waals surface area contributed by atoms with Crippen LogP contribution in [0.2, 0.25) is 0 Å². The minimum Gasteiger partial charge on any atom is -0.508 e. The lowest BCUT2D eigenvalue weighted by Gasteiger charge is -2.32. The van der Waals surface area contributed by atoms with E-state index in [2.05, 4.69) is 23.3 Å². The number of pyridine rings is 1. The number of rotatable bonds is 4. The number of thiophene rings is 1. The van der Waals surface area contributed by atoms with Crippen molar-refractivity contribution in [3.63, 3.8) is 0 Å². The van der Waals surface area contributed by atoms with Gasteiger partial charge in [-0.05, 0) is 48.8 Å². The van der Waals surface area contributed by atoms with Crippen molar-refractivity contribution in [3.8, 4) is 17.0 Å². The molecule has 5 rings (SSSR count). The van der Waals surface area contributed by atoms with Gasteiger partial charge in [-0.2, -0.15) is 0 Å². The molecule has 6 nitrogen and oxygen atoms in total. The smallest absolute Gasteiger partial charge is 0.253 e. The SMILES string of the molecule is CN1CCN(C(=O)c2ccc(-c3cc4sccc4c(Nc4cccc(O)c4)n3)cc2)CC1. The number of aromatic hydroxyl groups is 1. The molecule has 0 aliphatic carbocycles. The second-order valence-electron chi connectivity index (χ2n) is 8.04. The highest BCUT2D eigenvalue weighted by Crippen LogP contribution is 2.33. The van der Waals surface area contributed by atoms with E-state index in [-0.39, 0.29) is 11.7 Å². The lowest BCUT2D eigenvalue weighted by atomic mass is 10.1. The summed E-state index contributed by atoms with van der Waals surface area (Å²) in [4.78, 5) is 21.9. The zero-order chi connectivity index (χ0) is 22.1. The number of phenolic OH excluding ortho intramolecular Hbond substituents is 1. The molecule has 2 aromatic heterocycles. The Bertz CT molecular complexity index is 1260. The van der Waals surface area contributed by atoms with Crippen molar-refractivity contribution in [1.82, 2.24) is 14.8 Å². The van der Waals surface area contributed by atoms with Crippen molar-refractivity contribution in [2.24, 2.45) is 0 Å². The average molecular weight is 445 g/mol. The topological polar surface area (TPSA) is 68.7 Å². The van der Waals surface area contributed by atoms with E-state index in [1.165, 1.54) is 0 Å². The van der Waals surface area contributed by atoms with E-state index in [0.29, 0.717) is 5.56 Å². The number of carbonyl (C=O) groups is 1. The number of aromatic nitrogens is 1. The molecular weight excluding hydrogens is 420 g/mol. The van der Waals surface area contributed by atoms with Gasteiger partial charge in [0.05, 0.1) is 5.69 Å². The third kappa shape index (κ3) is 4.17. The molecular formula is C25H24N4O2S. The standard InChI is InChI=1S/C25H24N4O2S/c1-28-10-12-29(13-11-28)25(31)18-7-5-17(6-8-18)22-16-23-21(9-14-32-23)24(27-22)26-19-3-2-4-20(30)15-19/h2-9,14-16,30H,10-13H2,1H3,(H,26,27). The molecule has 1 aliphatic heterocycles. The minimum atomic E-state index is 0.0811. The maximum absolute atomic E-state index is 12.8. The summed E-state index contributed by atoms with van der Waals surface area (Å²) in [5, 5.41) is 16.2. The highest BCUT2D eigenvalue weighted by molar-refractivity contribution is 7.17. The maximum Gasteiger partial charge on any atom is 0.253 e. The molecule has 7 heteroatoms. The molecule has 1 fully saturated rings. The van der Waals surface area contributed by atoms with E-state index >= 15 is 0 Å². The fraction of sp³-hybridized carbons (Fsp3) is 0.200. The van der Waals surface area contributed by atoms with Crippen LogP contribution < -0.4 is 5.32 Å². The van der Waals surface area contributed by atoms with Gasteiger partial charge >= 0.3 is 0 Å². The number of likely N-dealkylation sites (N-methyl/N-ethyl adjacent to an activating group) is 1. The van der Waals surface area contributed by atoms with Crippen molar-refractivity contribution in [2.75, 3.05) is 38.5 Å². The number of fused-ring (bicyclic) bond motifs is 1. The van der Waals surface area contributed by atoms with Gasteiger partial charge in [0.15, 0.2) is 0 Å². The minimum absolute atomic E-state index is 0.0811. The van der Waals surface area contributed by atoms with Crippen molar-refractivity contribution in [2.45, 2.75) is 0 Å². The number of nitrogens with one attached hydrogen (secondary N) is 1. The molecule has 3 heterocycles. The molecule has 2 aromatic carbocycles. The molecule has 162 valence electrons. The molecule has 0 radical (unpaired) electrons. The highest BCUT2D eigenvalue weighted by Gasteiger charge is 2.20. The predicted octanol–water partition coefficient (Wildman–Crippen LogP) is 4.80. The van der Waals surface area contributed by atoms with Gasteiger partial charge in [-0.1, -0.05) is 18.2 Å². The van der Waals surface area contributed by atoms with Crippen LogP contribution in [0.15, 0.2) is 66.0 Å². The number of benzene rings is 2. The van der Waals surface area contributed by atoms with E-state index < -0.39 is 0 Å². The number of hydrogen-bond donors (Lipinski definition) is 2. The van der Waals surface area contributed by atoms with Crippen molar-refractivity contribution in [1.29, 1.82) is 0 Å². The number of nitrogens with zero attached hydrogens (tertiary/aromatic N) is 3. The number of carbonyl (C=O) groups excluding carboxylic acids is 1. The largest absolute Gasteiger partial charge is 0.508 e. The normalized spacial score (nSPS) is 14.6. The average Bonchev–Trinajstić information content (AvgIpc) is 3.28. The quantitative estimate of drug-likeness (QED) is 0.473. The Labute approximate surface area is 190 Å². The van der Waals surface area contributed by atoms with Crippen molar-refractivity contribution < 1.29 is 9.90 Å². The molecule has 0 bridgehead atoms. The van der Waals surface area contributed by atoms with Gasteiger partial charge in [0.1, 0.15) is 11.6 Å². The first-order valence-corrected chi connectivity index (χ1v) is 11.5.